The van der Waals surface area contributed by atoms with Crippen molar-refractivity contribution in [3.05, 3.63) is 41.8 Å². The van der Waals surface area contributed by atoms with Gasteiger partial charge in [0, 0.05) is 5.69 Å². The summed E-state index contributed by atoms with van der Waals surface area (Å²) in [4.78, 5) is 11.7. The van der Waals surface area contributed by atoms with Crippen LogP contribution in [0.15, 0.2) is 39.8 Å². The van der Waals surface area contributed by atoms with E-state index >= 15 is 0 Å². The van der Waals surface area contributed by atoms with Crippen LogP contribution in [0, 0.1) is 13.8 Å². The van der Waals surface area contributed by atoms with E-state index in [4.69, 9.17) is 4.52 Å². The maximum atomic E-state index is 12.1. The molecule has 1 heterocycles. The van der Waals surface area contributed by atoms with Crippen LogP contribution in [0.5, 0.6) is 0 Å². The highest BCUT2D eigenvalue weighted by atomic mass is 32.2. The number of carbonyl (C=O) groups is 1. The number of amides is 1. The summed E-state index contributed by atoms with van der Waals surface area (Å²) in [6.07, 6.45) is 0. The molecule has 0 saturated heterocycles. The largest absolute Gasteiger partial charge is 0.360 e. The van der Waals surface area contributed by atoms with E-state index in [2.05, 4.69) is 15.2 Å². The molecule has 2 rings (SSSR count). The summed E-state index contributed by atoms with van der Waals surface area (Å²) < 4.78 is 31.2. The highest BCUT2D eigenvalue weighted by molar-refractivity contribution is 7.89. The fourth-order valence-corrected chi connectivity index (χ4v) is 3.12. The van der Waals surface area contributed by atoms with Crippen LogP contribution in [0.4, 0.5) is 5.69 Å². The molecule has 21 heavy (non-hydrogen) atoms. The number of hydrogen-bond donors (Lipinski definition) is 2. The predicted molar refractivity (Wildman–Crippen MR) is 76.2 cm³/mol. The summed E-state index contributed by atoms with van der Waals surface area (Å²) in [5, 5.41) is 6.17. The lowest BCUT2D eigenvalue weighted by Crippen LogP contribution is -2.33. The van der Waals surface area contributed by atoms with Crippen molar-refractivity contribution in [3.8, 4) is 0 Å². The highest BCUT2D eigenvalue weighted by Gasteiger charge is 2.24. The van der Waals surface area contributed by atoms with Crippen LogP contribution in [-0.2, 0) is 14.8 Å². The van der Waals surface area contributed by atoms with Gasteiger partial charge in [0.25, 0.3) is 0 Å². The molecular weight excluding hydrogens is 294 g/mol. The third-order valence-corrected chi connectivity index (χ3v) is 4.36. The molecule has 0 radical (unpaired) electrons. The number of aromatic nitrogens is 1. The lowest BCUT2D eigenvalue weighted by molar-refractivity contribution is -0.115. The minimum Gasteiger partial charge on any atom is -0.360 e. The molecule has 1 aromatic carbocycles. The standard InChI is InChI=1S/C13H15N3O4S/c1-9-13(10(2)20-16-9)21(18,19)14-8-12(17)15-11-6-4-3-5-7-11/h3-7,14H,8H2,1-2H3,(H,15,17). The van der Waals surface area contributed by atoms with Crippen molar-refractivity contribution in [2.45, 2.75) is 18.7 Å². The zero-order valence-corrected chi connectivity index (χ0v) is 12.4. The van der Waals surface area contributed by atoms with Gasteiger partial charge in [0.2, 0.25) is 15.9 Å². The third-order valence-electron chi connectivity index (χ3n) is 2.72. The molecule has 112 valence electrons. The Labute approximate surface area is 122 Å². The van der Waals surface area contributed by atoms with Crippen LogP contribution < -0.4 is 10.0 Å². The van der Waals surface area contributed by atoms with Gasteiger partial charge in [-0.1, -0.05) is 23.4 Å². The average molecular weight is 309 g/mol. The average Bonchev–Trinajstić information content (AvgIpc) is 2.78. The quantitative estimate of drug-likeness (QED) is 0.864. The lowest BCUT2D eigenvalue weighted by Gasteiger charge is -2.07. The zero-order valence-electron chi connectivity index (χ0n) is 11.6. The van der Waals surface area contributed by atoms with Crippen molar-refractivity contribution < 1.29 is 17.7 Å². The molecule has 7 nitrogen and oxygen atoms in total. The number of anilines is 1. The van der Waals surface area contributed by atoms with Gasteiger partial charge >= 0.3 is 0 Å². The molecule has 0 saturated carbocycles. The number of sulfonamides is 1. The molecule has 2 N–H and O–H groups in total. The van der Waals surface area contributed by atoms with Gasteiger partial charge in [-0.05, 0) is 26.0 Å². The smallest absolute Gasteiger partial charge is 0.246 e. The van der Waals surface area contributed by atoms with Crippen LogP contribution >= 0.6 is 0 Å². The predicted octanol–water partition coefficient (Wildman–Crippen LogP) is 1.21. The molecule has 0 aliphatic carbocycles. The summed E-state index contributed by atoms with van der Waals surface area (Å²) >= 11 is 0. The fraction of sp³-hybridized carbons (Fsp3) is 0.231. The molecule has 8 heteroatoms. The van der Waals surface area contributed by atoms with Crippen molar-refractivity contribution in [2.24, 2.45) is 0 Å². The van der Waals surface area contributed by atoms with Crippen molar-refractivity contribution in [1.82, 2.24) is 9.88 Å². The Balaban J connectivity index is 2.01. The number of benzene rings is 1. The van der Waals surface area contributed by atoms with Crippen LogP contribution in [0.3, 0.4) is 0 Å². The third kappa shape index (κ3) is 3.67. The van der Waals surface area contributed by atoms with Gasteiger partial charge in [-0.3, -0.25) is 4.79 Å². The van der Waals surface area contributed by atoms with Gasteiger partial charge in [-0.25, -0.2) is 13.1 Å². The second kappa shape index (κ2) is 6.06. The molecule has 1 aromatic heterocycles. The first-order valence-electron chi connectivity index (χ1n) is 6.17. The maximum Gasteiger partial charge on any atom is 0.246 e. The number of rotatable bonds is 5. The molecule has 0 aliphatic rings. The number of para-hydroxylation sites is 1. The Hall–Kier alpha value is -2.19. The van der Waals surface area contributed by atoms with Crippen molar-refractivity contribution >= 4 is 21.6 Å². The molecule has 0 spiro atoms. The molecule has 0 aliphatic heterocycles. The molecule has 1 amide bonds. The fourth-order valence-electron chi connectivity index (χ4n) is 1.82. The number of nitrogens with zero attached hydrogens (tertiary/aromatic N) is 1. The summed E-state index contributed by atoms with van der Waals surface area (Å²) in [5.74, 6) is -0.278. The van der Waals surface area contributed by atoms with E-state index in [0.29, 0.717) is 5.69 Å². The molecular formula is C13H15N3O4S. The molecule has 0 bridgehead atoms. The van der Waals surface area contributed by atoms with Crippen molar-refractivity contribution in [2.75, 3.05) is 11.9 Å². The Bertz CT molecular complexity index is 719. The van der Waals surface area contributed by atoms with E-state index < -0.39 is 15.9 Å². The van der Waals surface area contributed by atoms with Gasteiger partial charge in [0.05, 0.1) is 6.54 Å². The SMILES string of the molecule is Cc1noc(C)c1S(=O)(=O)NCC(=O)Nc1ccccc1. The zero-order chi connectivity index (χ0) is 15.5. The van der Waals surface area contributed by atoms with Crippen LogP contribution in [0.25, 0.3) is 0 Å². The second-order valence-corrected chi connectivity index (χ2v) is 6.10. The first-order valence-corrected chi connectivity index (χ1v) is 7.66. The topological polar surface area (TPSA) is 101 Å². The molecule has 0 unspecified atom stereocenters. The Kier molecular flexibility index (Phi) is 4.39. The van der Waals surface area contributed by atoms with E-state index in [0.717, 1.165) is 0 Å². The van der Waals surface area contributed by atoms with Crippen molar-refractivity contribution in [1.29, 1.82) is 0 Å². The first kappa shape index (κ1) is 15.2. The van der Waals surface area contributed by atoms with Gasteiger partial charge in [-0.2, -0.15) is 0 Å². The number of aryl methyl sites for hydroxylation is 2. The highest BCUT2D eigenvalue weighted by Crippen LogP contribution is 2.18. The van der Waals surface area contributed by atoms with Crippen molar-refractivity contribution in [3.63, 3.8) is 0 Å². The summed E-state index contributed by atoms with van der Waals surface area (Å²) in [6.45, 7) is 2.65. The van der Waals surface area contributed by atoms with Gasteiger partial charge in [0.15, 0.2) is 5.76 Å². The Morgan fingerprint density at radius 3 is 2.48 bits per heavy atom. The number of carbonyl (C=O) groups excluding carboxylic acids is 1. The van der Waals surface area contributed by atoms with E-state index in [1.54, 1.807) is 24.3 Å². The second-order valence-electron chi connectivity index (χ2n) is 4.39. The van der Waals surface area contributed by atoms with E-state index in [9.17, 15) is 13.2 Å². The first-order chi connectivity index (χ1) is 9.90. The molecule has 0 fully saturated rings. The van der Waals surface area contributed by atoms with E-state index in [1.807, 2.05) is 6.07 Å². The van der Waals surface area contributed by atoms with Gasteiger partial charge in [-0.15, -0.1) is 0 Å². The van der Waals surface area contributed by atoms with Gasteiger partial charge in [0.1, 0.15) is 10.6 Å². The van der Waals surface area contributed by atoms with E-state index in [1.165, 1.54) is 13.8 Å². The monoisotopic (exact) mass is 309 g/mol. The lowest BCUT2D eigenvalue weighted by atomic mass is 10.3. The van der Waals surface area contributed by atoms with Crippen LogP contribution in [-0.4, -0.2) is 26.0 Å². The Morgan fingerprint density at radius 2 is 1.90 bits per heavy atom. The van der Waals surface area contributed by atoms with E-state index in [-0.39, 0.29) is 22.9 Å². The minimum absolute atomic E-state index is 0.0324. The maximum absolute atomic E-state index is 12.1. The summed E-state index contributed by atoms with van der Waals surface area (Å²) in [6, 6.07) is 8.77. The summed E-state index contributed by atoms with van der Waals surface area (Å²) in [7, 11) is -3.83. The van der Waals surface area contributed by atoms with Crippen LogP contribution in [0.1, 0.15) is 11.5 Å². The molecule has 2 aromatic rings. The minimum atomic E-state index is -3.83. The van der Waals surface area contributed by atoms with Gasteiger partial charge < -0.3 is 9.84 Å². The number of nitrogens with one attached hydrogen (secondary N) is 2. The summed E-state index contributed by atoms with van der Waals surface area (Å²) in [5.41, 5.74) is 0.850. The normalized spacial score (nSPS) is 11.3. The Morgan fingerprint density at radius 1 is 1.24 bits per heavy atom. The number of hydrogen-bond acceptors (Lipinski definition) is 5. The molecule has 0 atom stereocenters. The van der Waals surface area contributed by atoms with Crippen LogP contribution in [0.2, 0.25) is 0 Å².